The van der Waals surface area contributed by atoms with Crippen LogP contribution >= 0.6 is 11.8 Å². The molecular formula is C16H18N2O3S. The van der Waals surface area contributed by atoms with Crippen molar-refractivity contribution in [3.05, 3.63) is 41.6 Å². The summed E-state index contributed by atoms with van der Waals surface area (Å²) in [6.07, 6.45) is 2.47. The van der Waals surface area contributed by atoms with Crippen LogP contribution in [0.5, 0.6) is 11.6 Å². The average molecular weight is 318 g/mol. The van der Waals surface area contributed by atoms with Crippen molar-refractivity contribution in [3.63, 3.8) is 0 Å². The highest BCUT2D eigenvalue weighted by atomic mass is 32.2. The van der Waals surface area contributed by atoms with E-state index in [0.717, 1.165) is 0 Å². The van der Waals surface area contributed by atoms with Gasteiger partial charge in [-0.2, -0.15) is 4.98 Å². The topological polar surface area (TPSA) is 61.3 Å². The number of rotatable bonds is 6. The lowest BCUT2D eigenvalue weighted by atomic mass is 10.2. The number of aryl methyl sites for hydroxylation is 1. The largest absolute Gasteiger partial charge is 0.462 e. The lowest BCUT2D eigenvalue weighted by molar-refractivity contribution is 0.0520. The third kappa shape index (κ3) is 3.76. The molecule has 0 atom stereocenters. The van der Waals surface area contributed by atoms with Crippen LogP contribution in [0.1, 0.15) is 29.9 Å². The number of hydrogen-bond acceptors (Lipinski definition) is 6. The molecule has 2 aromatic rings. The van der Waals surface area contributed by atoms with Crippen molar-refractivity contribution >= 4 is 17.7 Å². The third-order valence-electron chi connectivity index (χ3n) is 2.88. The van der Waals surface area contributed by atoms with Gasteiger partial charge in [0.05, 0.1) is 12.3 Å². The Morgan fingerprint density at radius 3 is 2.50 bits per heavy atom. The number of benzene rings is 1. The van der Waals surface area contributed by atoms with Gasteiger partial charge in [-0.3, -0.25) is 0 Å². The van der Waals surface area contributed by atoms with Gasteiger partial charge >= 0.3 is 5.97 Å². The van der Waals surface area contributed by atoms with Crippen molar-refractivity contribution in [1.82, 2.24) is 9.97 Å². The molecule has 1 heterocycles. The van der Waals surface area contributed by atoms with E-state index >= 15 is 0 Å². The summed E-state index contributed by atoms with van der Waals surface area (Å²) >= 11 is 1.40. The van der Waals surface area contributed by atoms with Gasteiger partial charge in [-0.1, -0.05) is 36.9 Å². The summed E-state index contributed by atoms with van der Waals surface area (Å²) in [4.78, 5) is 21.0. The maximum absolute atomic E-state index is 12.2. The van der Waals surface area contributed by atoms with Crippen LogP contribution in [0, 0.1) is 0 Å². The first-order valence-corrected chi connectivity index (χ1v) is 8.27. The Balaban J connectivity index is 2.50. The van der Waals surface area contributed by atoms with Gasteiger partial charge in [-0.15, -0.1) is 0 Å². The molecule has 5 nitrogen and oxygen atoms in total. The van der Waals surface area contributed by atoms with Crippen LogP contribution in [0.2, 0.25) is 0 Å². The molecule has 0 saturated carbocycles. The number of aromatic nitrogens is 2. The maximum atomic E-state index is 12.2. The van der Waals surface area contributed by atoms with Crippen molar-refractivity contribution < 1.29 is 14.3 Å². The smallest absolute Gasteiger partial charge is 0.345 e. The highest BCUT2D eigenvalue weighted by molar-refractivity contribution is 7.98. The van der Waals surface area contributed by atoms with E-state index in [9.17, 15) is 4.79 Å². The van der Waals surface area contributed by atoms with Gasteiger partial charge in [0.25, 0.3) is 0 Å². The van der Waals surface area contributed by atoms with Crippen LogP contribution in [0.25, 0.3) is 0 Å². The fourth-order valence-electron chi connectivity index (χ4n) is 1.89. The zero-order valence-electron chi connectivity index (χ0n) is 12.8. The van der Waals surface area contributed by atoms with Crippen molar-refractivity contribution in [2.24, 2.45) is 0 Å². The number of carbonyl (C=O) groups is 1. The molecule has 0 unspecified atom stereocenters. The number of hydrogen-bond donors (Lipinski definition) is 0. The molecule has 116 valence electrons. The SMILES string of the molecule is CCOC(=O)c1c(CC)nc(SC)nc1Oc1ccccc1. The lowest BCUT2D eigenvalue weighted by Crippen LogP contribution is -2.13. The molecule has 1 aromatic carbocycles. The third-order valence-corrected chi connectivity index (χ3v) is 3.43. The fraction of sp³-hybridized carbons (Fsp3) is 0.312. The Bertz CT molecular complexity index is 647. The van der Waals surface area contributed by atoms with E-state index in [4.69, 9.17) is 9.47 Å². The number of para-hydroxylation sites is 1. The van der Waals surface area contributed by atoms with E-state index < -0.39 is 5.97 Å². The predicted octanol–water partition coefficient (Wildman–Crippen LogP) is 3.73. The van der Waals surface area contributed by atoms with Gasteiger partial charge in [0, 0.05) is 0 Å². The first-order valence-electron chi connectivity index (χ1n) is 7.04. The summed E-state index contributed by atoms with van der Waals surface area (Å²) in [5.74, 6) is 0.389. The second kappa shape index (κ2) is 7.79. The minimum absolute atomic E-state index is 0.237. The first-order chi connectivity index (χ1) is 10.7. The van der Waals surface area contributed by atoms with Crippen LogP contribution < -0.4 is 4.74 Å². The van der Waals surface area contributed by atoms with E-state index in [2.05, 4.69) is 9.97 Å². The van der Waals surface area contributed by atoms with E-state index in [1.807, 2.05) is 31.4 Å². The molecular weight excluding hydrogens is 300 g/mol. The molecule has 22 heavy (non-hydrogen) atoms. The second-order valence-corrected chi connectivity index (χ2v) is 5.10. The number of carbonyl (C=O) groups excluding carboxylic acids is 1. The highest BCUT2D eigenvalue weighted by Crippen LogP contribution is 2.28. The molecule has 0 saturated heterocycles. The molecule has 2 rings (SSSR count). The molecule has 0 aliphatic heterocycles. The predicted molar refractivity (Wildman–Crippen MR) is 85.7 cm³/mol. The van der Waals surface area contributed by atoms with Gasteiger partial charge in [0.2, 0.25) is 5.88 Å². The van der Waals surface area contributed by atoms with Crippen molar-refractivity contribution in [1.29, 1.82) is 0 Å². The Morgan fingerprint density at radius 2 is 1.91 bits per heavy atom. The normalized spacial score (nSPS) is 10.3. The lowest BCUT2D eigenvalue weighted by Gasteiger charge is -2.13. The van der Waals surface area contributed by atoms with Crippen LogP contribution in [0.4, 0.5) is 0 Å². The summed E-state index contributed by atoms with van der Waals surface area (Å²) < 4.78 is 10.9. The quantitative estimate of drug-likeness (QED) is 0.459. The van der Waals surface area contributed by atoms with E-state index in [0.29, 0.717) is 28.6 Å². The van der Waals surface area contributed by atoms with Gasteiger partial charge in [-0.25, -0.2) is 9.78 Å². The Hall–Kier alpha value is -2.08. The number of thioether (sulfide) groups is 1. The number of nitrogens with zero attached hydrogens (tertiary/aromatic N) is 2. The minimum Gasteiger partial charge on any atom is -0.462 e. The minimum atomic E-state index is -0.460. The molecule has 1 aromatic heterocycles. The summed E-state index contributed by atoms with van der Waals surface area (Å²) in [5, 5.41) is 0.566. The highest BCUT2D eigenvalue weighted by Gasteiger charge is 2.23. The molecule has 6 heteroatoms. The molecule has 0 radical (unpaired) electrons. The summed E-state index contributed by atoms with van der Waals surface area (Å²) in [7, 11) is 0. The zero-order chi connectivity index (χ0) is 15.9. The Labute approximate surface area is 134 Å². The fourth-order valence-corrected chi connectivity index (χ4v) is 2.27. The van der Waals surface area contributed by atoms with Crippen LogP contribution in [0.3, 0.4) is 0 Å². The molecule has 0 aliphatic rings. The number of ether oxygens (including phenoxy) is 2. The van der Waals surface area contributed by atoms with E-state index in [1.165, 1.54) is 11.8 Å². The molecule has 0 amide bonds. The van der Waals surface area contributed by atoms with Crippen LogP contribution in [-0.2, 0) is 11.2 Å². The molecule has 0 bridgehead atoms. The van der Waals surface area contributed by atoms with Gasteiger partial charge < -0.3 is 9.47 Å². The van der Waals surface area contributed by atoms with E-state index in [-0.39, 0.29) is 12.5 Å². The second-order valence-electron chi connectivity index (χ2n) is 4.33. The molecule has 0 fully saturated rings. The molecule has 0 spiro atoms. The molecule has 0 aliphatic carbocycles. The number of esters is 1. The maximum Gasteiger partial charge on any atom is 0.345 e. The van der Waals surface area contributed by atoms with Gasteiger partial charge in [0.1, 0.15) is 11.3 Å². The monoisotopic (exact) mass is 318 g/mol. The average Bonchev–Trinajstić information content (AvgIpc) is 2.55. The first kappa shape index (κ1) is 16.3. The van der Waals surface area contributed by atoms with Gasteiger partial charge in [-0.05, 0) is 31.7 Å². The summed E-state index contributed by atoms with van der Waals surface area (Å²) in [5.41, 5.74) is 0.926. The molecule has 0 N–H and O–H groups in total. The zero-order valence-corrected chi connectivity index (χ0v) is 13.6. The Kier molecular flexibility index (Phi) is 5.77. The van der Waals surface area contributed by atoms with E-state index in [1.54, 1.807) is 19.1 Å². The standard InChI is InChI=1S/C16H18N2O3S/c1-4-12-13(15(19)20-5-2)14(18-16(17-12)22-3)21-11-9-7-6-8-10-11/h6-10H,4-5H2,1-3H3. The summed E-state index contributed by atoms with van der Waals surface area (Å²) in [6.45, 7) is 3.98. The van der Waals surface area contributed by atoms with Gasteiger partial charge in [0.15, 0.2) is 5.16 Å². The van der Waals surface area contributed by atoms with Crippen molar-refractivity contribution in [2.75, 3.05) is 12.9 Å². The van der Waals surface area contributed by atoms with Crippen LogP contribution in [0.15, 0.2) is 35.5 Å². The Morgan fingerprint density at radius 1 is 1.18 bits per heavy atom. The summed E-state index contributed by atoms with van der Waals surface area (Å²) in [6, 6.07) is 9.22. The van der Waals surface area contributed by atoms with Crippen LogP contribution in [-0.4, -0.2) is 28.8 Å². The van der Waals surface area contributed by atoms with Crippen molar-refractivity contribution in [3.8, 4) is 11.6 Å². The van der Waals surface area contributed by atoms with Crippen molar-refractivity contribution in [2.45, 2.75) is 25.4 Å².